The predicted molar refractivity (Wildman–Crippen MR) is 92.1 cm³/mol. The van der Waals surface area contributed by atoms with Gasteiger partial charge in [0.1, 0.15) is 5.75 Å². The van der Waals surface area contributed by atoms with E-state index in [1.54, 1.807) is 4.90 Å². The normalized spacial score (nSPS) is 24.3. The summed E-state index contributed by atoms with van der Waals surface area (Å²) in [6.45, 7) is 7.60. The molecule has 2 atom stereocenters. The Balaban J connectivity index is 1.73. The summed E-state index contributed by atoms with van der Waals surface area (Å²) >= 11 is 0. The van der Waals surface area contributed by atoms with Crippen LogP contribution in [-0.4, -0.2) is 55.5 Å². The minimum Gasteiger partial charge on any atom is -0.494 e. The second-order valence-corrected chi connectivity index (χ2v) is 6.32. The van der Waals surface area contributed by atoms with E-state index in [4.69, 9.17) is 4.74 Å². The number of piperazine rings is 1. The Hall–Kier alpha value is -2.08. The van der Waals surface area contributed by atoms with Crippen LogP contribution in [0.25, 0.3) is 0 Å². The highest BCUT2D eigenvalue weighted by Gasteiger charge is 2.43. The molecule has 2 aliphatic rings. The van der Waals surface area contributed by atoms with Crippen LogP contribution in [0.5, 0.6) is 5.75 Å². The van der Waals surface area contributed by atoms with Crippen LogP contribution in [0.4, 0.5) is 5.69 Å². The number of nitrogens with one attached hydrogen (secondary N) is 1. The van der Waals surface area contributed by atoms with E-state index < -0.39 is 0 Å². The SMILES string of the molecule is CCOc1ccc(N2C(=O)C[C@H](C(=O)N3CCNCC3)[C@H]2C)cc1. The summed E-state index contributed by atoms with van der Waals surface area (Å²) in [5, 5.41) is 3.25. The number of anilines is 1. The van der Waals surface area contributed by atoms with Crippen molar-refractivity contribution >= 4 is 17.5 Å². The third-order valence-electron chi connectivity index (χ3n) is 4.82. The molecule has 6 heteroatoms. The van der Waals surface area contributed by atoms with Gasteiger partial charge in [-0.15, -0.1) is 0 Å². The molecule has 0 bridgehead atoms. The average molecular weight is 331 g/mol. The Kier molecular flexibility index (Phi) is 5.04. The largest absolute Gasteiger partial charge is 0.494 e. The van der Waals surface area contributed by atoms with Gasteiger partial charge in [-0.05, 0) is 38.1 Å². The van der Waals surface area contributed by atoms with Crippen LogP contribution >= 0.6 is 0 Å². The lowest BCUT2D eigenvalue weighted by Crippen LogP contribution is -2.50. The molecule has 0 aromatic heterocycles. The van der Waals surface area contributed by atoms with Crippen molar-refractivity contribution in [2.24, 2.45) is 5.92 Å². The highest BCUT2D eigenvalue weighted by molar-refractivity contribution is 6.01. The zero-order chi connectivity index (χ0) is 17.1. The fourth-order valence-electron chi connectivity index (χ4n) is 3.53. The van der Waals surface area contributed by atoms with Crippen LogP contribution in [0.15, 0.2) is 24.3 Å². The van der Waals surface area contributed by atoms with E-state index in [-0.39, 0.29) is 30.2 Å². The zero-order valence-corrected chi connectivity index (χ0v) is 14.3. The van der Waals surface area contributed by atoms with Gasteiger partial charge in [0.05, 0.1) is 12.5 Å². The van der Waals surface area contributed by atoms with Gasteiger partial charge < -0.3 is 19.9 Å². The average Bonchev–Trinajstić information content (AvgIpc) is 2.91. The van der Waals surface area contributed by atoms with E-state index in [0.29, 0.717) is 6.61 Å². The number of benzene rings is 1. The summed E-state index contributed by atoms with van der Waals surface area (Å²) in [4.78, 5) is 28.9. The molecule has 1 aromatic rings. The Morgan fingerprint density at radius 1 is 1.25 bits per heavy atom. The number of hydrogen-bond acceptors (Lipinski definition) is 4. The molecule has 2 heterocycles. The van der Waals surface area contributed by atoms with Gasteiger partial charge in [0.2, 0.25) is 11.8 Å². The van der Waals surface area contributed by atoms with Crippen molar-refractivity contribution in [3.05, 3.63) is 24.3 Å². The molecule has 0 radical (unpaired) electrons. The first kappa shape index (κ1) is 16.8. The smallest absolute Gasteiger partial charge is 0.228 e. The molecular formula is C18H25N3O3. The monoisotopic (exact) mass is 331 g/mol. The van der Waals surface area contributed by atoms with Gasteiger partial charge >= 0.3 is 0 Å². The van der Waals surface area contributed by atoms with Crippen molar-refractivity contribution in [3.8, 4) is 5.75 Å². The van der Waals surface area contributed by atoms with Crippen LogP contribution in [-0.2, 0) is 9.59 Å². The number of carbonyl (C=O) groups is 2. The molecule has 1 N–H and O–H groups in total. The summed E-state index contributed by atoms with van der Waals surface area (Å²) in [6, 6.07) is 7.38. The molecule has 6 nitrogen and oxygen atoms in total. The lowest BCUT2D eigenvalue weighted by molar-refractivity contribution is -0.136. The Labute approximate surface area is 142 Å². The summed E-state index contributed by atoms with van der Waals surface area (Å²) in [5.41, 5.74) is 0.826. The van der Waals surface area contributed by atoms with Crippen molar-refractivity contribution < 1.29 is 14.3 Å². The molecule has 0 unspecified atom stereocenters. The number of amides is 2. The van der Waals surface area contributed by atoms with Crippen LogP contribution in [0, 0.1) is 5.92 Å². The molecule has 2 amide bonds. The minimum absolute atomic E-state index is 0.0140. The zero-order valence-electron chi connectivity index (χ0n) is 14.3. The van der Waals surface area contributed by atoms with Gasteiger partial charge in [-0.25, -0.2) is 0 Å². The maximum Gasteiger partial charge on any atom is 0.228 e. The predicted octanol–water partition coefficient (Wildman–Crippen LogP) is 1.26. The first-order valence-corrected chi connectivity index (χ1v) is 8.66. The van der Waals surface area contributed by atoms with Crippen molar-refractivity contribution in [2.75, 3.05) is 37.7 Å². The van der Waals surface area contributed by atoms with Crippen molar-refractivity contribution in [1.29, 1.82) is 0 Å². The maximum atomic E-state index is 12.8. The Morgan fingerprint density at radius 2 is 1.92 bits per heavy atom. The first-order chi connectivity index (χ1) is 11.6. The third-order valence-corrected chi connectivity index (χ3v) is 4.82. The van der Waals surface area contributed by atoms with Crippen molar-refractivity contribution in [3.63, 3.8) is 0 Å². The third kappa shape index (κ3) is 3.24. The van der Waals surface area contributed by atoms with Crippen LogP contribution < -0.4 is 15.0 Å². The number of ether oxygens (including phenoxy) is 1. The molecule has 0 aliphatic carbocycles. The lowest BCUT2D eigenvalue weighted by Gasteiger charge is -2.31. The molecule has 3 rings (SSSR count). The van der Waals surface area contributed by atoms with Gasteiger partial charge in [0.15, 0.2) is 0 Å². The van der Waals surface area contributed by atoms with Gasteiger partial charge in [0, 0.05) is 44.3 Å². The van der Waals surface area contributed by atoms with E-state index in [1.165, 1.54) is 0 Å². The number of nitrogens with zero attached hydrogens (tertiary/aromatic N) is 2. The Bertz CT molecular complexity index is 596. The highest BCUT2D eigenvalue weighted by Crippen LogP contribution is 2.33. The van der Waals surface area contributed by atoms with Crippen molar-refractivity contribution in [1.82, 2.24) is 10.2 Å². The van der Waals surface area contributed by atoms with Crippen molar-refractivity contribution in [2.45, 2.75) is 26.3 Å². The number of carbonyl (C=O) groups excluding carboxylic acids is 2. The van der Waals surface area contributed by atoms with Crippen LogP contribution in [0.1, 0.15) is 20.3 Å². The minimum atomic E-state index is -0.262. The van der Waals surface area contributed by atoms with Crippen LogP contribution in [0.3, 0.4) is 0 Å². The fourth-order valence-corrected chi connectivity index (χ4v) is 3.53. The molecule has 2 saturated heterocycles. The first-order valence-electron chi connectivity index (χ1n) is 8.66. The van der Waals surface area contributed by atoms with Gasteiger partial charge in [-0.3, -0.25) is 9.59 Å². The lowest BCUT2D eigenvalue weighted by atomic mass is 9.99. The van der Waals surface area contributed by atoms with E-state index in [2.05, 4.69) is 5.32 Å². The number of rotatable bonds is 4. The van der Waals surface area contributed by atoms with Gasteiger partial charge in [0.25, 0.3) is 0 Å². The molecule has 1 aromatic carbocycles. The second-order valence-electron chi connectivity index (χ2n) is 6.32. The molecule has 2 aliphatic heterocycles. The number of hydrogen-bond donors (Lipinski definition) is 1. The molecule has 24 heavy (non-hydrogen) atoms. The van der Waals surface area contributed by atoms with E-state index in [1.807, 2.05) is 43.0 Å². The highest BCUT2D eigenvalue weighted by atomic mass is 16.5. The molecule has 2 fully saturated rings. The quantitative estimate of drug-likeness (QED) is 0.902. The molecular weight excluding hydrogens is 306 g/mol. The summed E-state index contributed by atoms with van der Waals surface area (Å²) < 4.78 is 5.45. The molecule has 130 valence electrons. The fraction of sp³-hybridized carbons (Fsp3) is 0.556. The second kappa shape index (κ2) is 7.21. The van der Waals surface area contributed by atoms with Gasteiger partial charge in [-0.2, -0.15) is 0 Å². The van der Waals surface area contributed by atoms with E-state index >= 15 is 0 Å². The Morgan fingerprint density at radius 3 is 2.54 bits per heavy atom. The summed E-state index contributed by atoms with van der Waals surface area (Å²) in [5.74, 6) is 0.641. The topological polar surface area (TPSA) is 61.9 Å². The van der Waals surface area contributed by atoms with Gasteiger partial charge in [-0.1, -0.05) is 0 Å². The molecule has 0 saturated carbocycles. The van der Waals surface area contributed by atoms with E-state index in [9.17, 15) is 9.59 Å². The van der Waals surface area contributed by atoms with E-state index in [0.717, 1.165) is 37.6 Å². The standard InChI is InChI=1S/C18H25N3O3/c1-3-24-15-6-4-14(5-7-15)21-13(2)16(12-17(21)22)18(23)20-10-8-19-9-11-20/h4-7,13,16,19H,3,8-12H2,1-2H3/t13-,16+/m1/s1. The molecule has 0 spiro atoms. The summed E-state index contributed by atoms with van der Waals surface area (Å²) in [7, 11) is 0. The summed E-state index contributed by atoms with van der Waals surface area (Å²) in [6.07, 6.45) is 0.289. The van der Waals surface area contributed by atoms with Crippen LogP contribution in [0.2, 0.25) is 0 Å². The maximum absolute atomic E-state index is 12.8.